The molecule has 0 aliphatic carbocycles. The number of ether oxygens (including phenoxy) is 1. The summed E-state index contributed by atoms with van der Waals surface area (Å²) in [7, 11) is 0. The van der Waals surface area contributed by atoms with Crippen LogP contribution in [-0.4, -0.2) is 30.3 Å². The third-order valence-electron chi connectivity index (χ3n) is 2.65. The summed E-state index contributed by atoms with van der Waals surface area (Å²) in [5.41, 5.74) is 1.60. The van der Waals surface area contributed by atoms with Crippen molar-refractivity contribution in [1.29, 1.82) is 0 Å². The Morgan fingerprint density at radius 3 is 2.82 bits per heavy atom. The Balaban J connectivity index is 2.20. The highest BCUT2D eigenvalue weighted by atomic mass is 16.6. The highest BCUT2D eigenvalue weighted by Crippen LogP contribution is 2.24. The number of carboxylic acids is 1. The Hall–Kier alpha value is -2.04. The molecule has 0 aromatic heterocycles. The van der Waals surface area contributed by atoms with E-state index in [1.54, 1.807) is 0 Å². The van der Waals surface area contributed by atoms with Crippen LogP contribution in [-0.2, 0) is 16.0 Å². The minimum Gasteiger partial charge on any atom is -0.481 e. The van der Waals surface area contributed by atoms with E-state index in [4.69, 9.17) is 9.84 Å². The first kappa shape index (κ1) is 11.4. The molecule has 1 N–H and O–H groups in total. The molecule has 0 unspecified atom stereocenters. The molecule has 5 heteroatoms. The van der Waals surface area contributed by atoms with Crippen LogP contribution in [0.2, 0.25) is 0 Å². The van der Waals surface area contributed by atoms with Gasteiger partial charge in [0, 0.05) is 6.42 Å². The normalized spacial score (nSPS) is 14.8. The maximum Gasteiger partial charge on any atom is 0.414 e. The molecule has 1 amide bonds. The zero-order valence-corrected chi connectivity index (χ0v) is 9.26. The van der Waals surface area contributed by atoms with E-state index in [0.29, 0.717) is 19.6 Å². The molecule has 0 spiro atoms. The number of aryl methyl sites for hydroxylation is 1. The van der Waals surface area contributed by atoms with Crippen LogP contribution in [0.1, 0.15) is 12.0 Å². The van der Waals surface area contributed by atoms with Gasteiger partial charge in [0.1, 0.15) is 6.61 Å². The summed E-state index contributed by atoms with van der Waals surface area (Å²) in [6.07, 6.45) is 0.0996. The second-order valence-electron chi connectivity index (χ2n) is 3.79. The van der Waals surface area contributed by atoms with Crippen molar-refractivity contribution in [2.45, 2.75) is 12.8 Å². The molecular formula is C12H13NO4. The smallest absolute Gasteiger partial charge is 0.414 e. The summed E-state index contributed by atoms with van der Waals surface area (Å²) >= 11 is 0. The summed E-state index contributed by atoms with van der Waals surface area (Å²) in [5, 5.41) is 8.68. The molecule has 1 aliphatic heterocycles. The van der Waals surface area contributed by atoms with Crippen molar-refractivity contribution in [3.63, 3.8) is 0 Å². The first-order valence-corrected chi connectivity index (χ1v) is 5.42. The van der Waals surface area contributed by atoms with E-state index in [0.717, 1.165) is 11.3 Å². The predicted molar refractivity (Wildman–Crippen MR) is 61.1 cm³/mol. The molecule has 0 radical (unpaired) electrons. The van der Waals surface area contributed by atoms with Crippen LogP contribution in [0.4, 0.5) is 10.5 Å². The van der Waals surface area contributed by atoms with Crippen LogP contribution in [0.15, 0.2) is 24.3 Å². The zero-order valence-electron chi connectivity index (χ0n) is 9.26. The van der Waals surface area contributed by atoms with Gasteiger partial charge in [0.05, 0.1) is 12.2 Å². The molecule has 0 saturated carbocycles. The zero-order chi connectivity index (χ0) is 12.3. The quantitative estimate of drug-likeness (QED) is 0.861. The van der Waals surface area contributed by atoms with Crippen molar-refractivity contribution in [3.05, 3.63) is 29.8 Å². The highest BCUT2D eigenvalue weighted by molar-refractivity contribution is 5.90. The van der Waals surface area contributed by atoms with Crippen LogP contribution in [0.3, 0.4) is 0 Å². The fourth-order valence-electron chi connectivity index (χ4n) is 1.84. The van der Waals surface area contributed by atoms with Gasteiger partial charge in [-0.15, -0.1) is 0 Å². The number of carboxylic acid groups (broad SMARTS) is 1. The second-order valence-corrected chi connectivity index (χ2v) is 3.79. The van der Waals surface area contributed by atoms with E-state index in [-0.39, 0.29) is 12.5 Å². The van der Waals surface area contributed by atoms with Crippen molar-refractivity contribution in [2.75, 3.05) is 18.1 Å². The monoisotopic (exact) mass is 235 g/mol. The molecule has 1 aromatic carbocycles. The largest absolute Gasteiger partial charge is 0.481 e. The van der Waals surface area contributed by atoms with E-state index in [1.165, 1.54) is 4.90 Å². The van der Waals surface area contributed by atoms with Gasteiger partial charge in [-0.1, -0.05) is 18.2 Å². The van der Waals surface area contributed by atoms with Crippen LogP contribution in [0, 0.1) is 0 Å². The number of aliphatic carboxylic acids is 1. The number of cyclic esters (lactones) is 1. The number of carbonyl (C=O) groups is 2. The molecule has 1 saturated heterocycles. The van der Waals surface area contributed by atoms with Gasteiger partial charge >= 0.3 is 12.1 Å². The lowest BCUT2D eigenvalue weighted by Gasteiger charge is -2.16. The number of nitrogens with zero attached hydrogens (tertiary/aromatic N) is 1. The molecule has 0 bridgehead atoms. The number of hydrogen-bond donors (Lipinski definition) is 1. The summed E-state index contributed by atoms with van der Waals surface area (Å²) in [4.78, 5) is 23.6. The number of rotatable bonds is 4. The fourth-order valence-corrected chi connectivity index (χ4v) is 1.84. The van der Waals surface area contributed by atoms with Gasteiger partial charge in [0.25, 0.3) is 0 Å². The van der Waals surface area contributed by atoms with E-state index >= 15 is 0 Å². The Kier molecular flexibility index (Phi) is 3.27. The van der Waals surface area contributed by atoms with Crippen molar-refractivity contribution >= 4 is 17.7 Å². The van der Waals surface area contributed by atoms with Crippen LogP contribution < -0.4 is 4.90 Å². The number of amides is 1. The van der Waals surface area contributed by atoms with Gasteiger partial charge in [0.15, 0.2) is 0 Å². The average Bonchev–Trinajstić information content (AvgIpc) is 2.73. The topological polar surface area (TPSA) is 66.8 Å². The molecule has 5 nitrogen and oxygen atoms in total. The SMILES string of the molecule is O=C(O)CCc1ccccc1N1CCOC1=O. The second kappa shape index (κ2) is 4.86. The predicted octanol–water partition coefficient (Wildman–Crippen LogP) is 1.66. The third kappa shape index (κ3) is 2.55. The van der Waals surface area contributed by atoms with E-state index in [1.807, 2.05) is 24.3 Å². The average molecular weight is 235 g/mol. The standard InChI is InChI=1S/C12H13NO4/c14-11(15)6-5-9-3-1-2-4-10(9)13-7-8-17-12(13)16/h1-4H,5-8H2,(H,14,15). The van der Waals surface area contributed by atoms with Gasteiger partial charge in [-0.2, -0.15) is 0 Å². The third-order valence-corrected chi connectivity index (χ3v) is 2.65. The summed E-state index contributed by atoms with van der Waals surface area (Å²) in [6, 6.07) is 7.31. The van der Waals surface area contributed by atoms with Crippen LogP contribution in [0.25, 0.3) is 0 Å². The molecule has 1 aliphatic rings. The van der Waals surface area contributed by atoms with Gasteiger partial charge in [-0.3, -0.25) is 9.69 Å². The Bertz CT molecular complexity index is 444. The number of carbonyl (C=O) groups excluding carboxylic acids is 1. The van der Waals surface area contributed by atoms with E-state index in [9.17, 15) is 9.59 Å². The highest BCUT2D eigenvalue weighted by Gasteiger charge is 2.25. The van der Waals surface area contributed by atoms with Gasteiger partial charge in [-0.05, 0) is 18.1 Å². The van der Waals surface area contributed by atoms with Crippen molar-refractivity contribution < 1.29 is 19.4 Å². The van der Waals surface area contributed by atoms with Crippen molar-refractivity contribution in [2.24, 2.45) is 0 Å². The van der Waals surface area contributed by atoms with Gasteiger partial charge < -0.3 is 9.84 Å². The fraction of sp³-hybridized carbons (Fsp3) is 0.333. The Morgan fingerprint density at radius 1 is 1.41 bits per heavy atom. The van der Waals surface area contributed by atoms with E-state index in [2.05, 4.69) is 0 Å². The molecule has 0 atom stereocenters. The summed E-state index contributed by atoms with van der Waals surface area (Å²) in [5.74, 6) is -0.844. The molecule has 1 fully saturated rings. The number of benzene rings is 1. The lowest BCUT2D eigenvalue weighted by Crippen LogP contribution is -2.24. The Morgan fingerprint density at radius 2 is 2.18 bits per heavy atom. The molecule has 1 aromatic rings. The van der Waals surface area contributed by atoms with E-state index < -0.39 is 5.97 Å². The minimum absolute atomic E-state index is 0.0555. The maximum atomic E-state index is 11.5. The first-order chi connectivity index (χ1) is 8.18. The first-order valence-electron chi connectivity index (χ1n) is 5.42. The molecule has 17 heavy (non-hydrogen) atoms. The molecule has 2 rings (SSSR count). The molecule has 1 heterocycles. The number of para-hydroxylation sites is 1. The van der Waals surface area contributed by atoms with Crippen molar-refractivity contribution in [1.82, 2.24) is 0 Å². The maximum absolute atomic E-state index is 11.5. The lowest BCUT2D eigenvalue weighted by molar-refractivity contribution is -0.136. The summed E-state index contributed by atoms with van der Waals surface area (Å²) < 4.78 is 4.87. The van der Waals surface area contributed by atoms with Gasteiger partial charge in [-0.25, -0.2) is 4.79 Å². The van der Waals surface area contributed by atoms with Gasteiger partial charge in [0.2, 0.25) is 0 Å². The lowest BCUT2D eigenvalue weighted by atomic mass is 10.1. The number of anilines is 1. The molecular weight excluding hydrogens is 222 g/mol. The summed E-state index contributed by atoms with van der Waals surface area (Å²) in [6.45, 7) is 0.898. The minimum atomic E-state index is -0.844. The van der Waals surface area contributed by atoms with Crippen molar-refractivity contribution in [3.8, 4) is 0 Å². The number of hydrogen-bond acceptors (Lipinski definition) is 3. The molecule has 90 valence electrons. The van der Waals surface area contributed by atoms with Crippen LogP contribution in [0.5, 0.6) is 0 Å². The Labute approximate surface area is 98.6 Å². The van der Waals surface area contributed by atoms with Crippen LogP contribution >= 0.6 is 0 Å².